The molecule has 1 aromatic rings. The summed E-state index contributed by atoms with van der Waals surface area (Å²) in [5.41, 5.74) is 1.09. The topological polar surface area (TPSA) is 23.1 Å². The van der Waals surface area contributed by atoms with Crippen LogP contribution in [0.1, 0.15) is 5.56 Å². The normalized spacial score (nSPS) is 12.8. The number of halogens is 1. The van der Waals surface area contributed by atoms with Gasteiger partial charge < -0.3 is 4.55 Å². The van der Waals surface area contributed by atoms with Crippen molar-refractivity contribution in [1.29, 1.82) is 0 Å². The minimum Gasteiger partial charge on any atom is -0.616 e. The lowest BCUT2D eigenvalue weighted by molar-refractivity contribution is 0.601. The third-order valence-electron chi connectivity index (χ3n) is 1.94. The molecule has 0 N–H and O–H groups in total. The van der Waals surface area contributed by atoms with Gasteiger partial charge in [-0.1, -0.05) is 40.3 Å². The van der Waals surface area contributed by atoms with E-state index in [1.807, 2.05) is 11.5 Å². The molecule has 0 aliphatic rings. The fourth-order valence-electron chi connectivity index (χ4n) is 1.11. The van der Waals surface area contributed by atoms with Crippen molar-refractivity contribution < 1.29 is 8.94 Å². The third-order valence-corrected chi connectivity index (χ3v) is 5.10. The first-order valence-corrected chi connectivity index (χ1v) is 9.23. The molecule has 1 rings (SSSR count). The van der Waals surface area contributed by atoms with Crippen LogP contribution in [0.25, 0.3) is 0 Å². The van der Waals surface area contributed by atoms with Gasteiger partial charge in [0.05, 0.1) is 0 Å². The van der Waals surface area contributed by atoms with Crippen molar-refractivity contribution >= 4 is 32.8 Å². The van der Waals surface area contributed by atoms with E-state index in [0.717, 1.165) is 11.3 Å². The first-order valence-electron chi connectivity index (χ1n) is 5.36. The van der Waals surface area contributed by atoms with Crippen molar-refractivity contribution in [3.8, 4) is 0 Å². The van der Waals surface area contributed by atoms with Crippen molar-refractivity contribution in [2.45, 2.75) is 5.75 Å². The van der Waals surface area contributed by atoms with E-state index in [1.165, 1.54) is 12.1 Å². The predicted molar refractivity (Wildman–Crippen MR) is 82.5 cm³/mol. The Labute approximate surface area is 119 Å². The molecular weight excluding hydrogens is 287 g/mol. The molecule has 0 saturated carbocycles. The molecule has 0 saturated heterocycles. The molecular formula is C13H15FOS3. The SMILES string of the molecule is C=CC[S+]([O-])C/C=C\SSCc1ccc(F)cc1. The molecule has 98 valence electrons. The lowest BCUT2D eigenvalue weighted by Crippen LogP contribution is -2.06. The van der Waals surface area contributed by atoms with Gasteiger partial charge in [-0.05, 0) is 46.4 Å². The Balaban J connectivity index is 2.13. The Morgan fingerprint density at radius 2 is 2.00 bits per heavy atom. The fourth-order valence-corrected chi connectivity index (χ4v) is 3.67. The first kappa shape index (κ1) is 15.7. The van der Waals surface area contributed by atoms with Gasteiger partial charge in [-0.2, -0.15) is 0 Å². The van der Waals surface area contributed by atoms with Gasteiger partial charge in [0.15, 0.2) is 0 Å². The lowest BCUT2D eigenvalue weighted by Gasteiger charge is -2.04. The molecule has 18 heavy (non-hydrogen) atoms. The first-order chi connectivity index (χ1) is 8.72. The summed E-state index contributed by atoms with van der Waals surface area (Å²) in [5.74, 6) is 1.72. The van der Waals surface area contributed by atoms with E-state index in [4.69, 9.17) is 0 Å². The molecule has 0 spiro atoms. The zero-order valence-corrected chi connectivity index (χ0v) is 12.3. The van der Waals surface area contributed by atoms with Crippen molar-refractivity contribution in [3.63, 3.8) is 0 Å². The monoisotopic (exact) mass is 302 g/mol. The lowest BCUT2D eigenvalue weighted by atomic mass is 10.2. The molecule has 0 amide bonds. The maximum absolute atomic E-state index is 12.7. The summed E-state index contributed by atoms with van der Waals surface area (Å²) in [6, 6.07) is 6.50. The standard InChI is InChI=1S/C13H15FOS3/c1-2-9-18(15)10-3-8-16-17-11-12-4-6-13(14)7-5-12/h2-8H,1,9-11H2/b8-3-. The van der Waals surface area contributed by atoms with Crippen LogP contribution in [0.4, 0.5) is 4.39 Å². The highest BCUT2D eigenvalue weighted by Gasteiger charge is 1.98. The summed E-state index contributed by atoms with van der Waals surface area (Å²) in [4.78, 5) is 0. The second kappa shape index (κ2) is 9.55. The molecule has 0 aliphatic heterocycles. The number of hydrogen-bond donors (Lipinski definition) is 0. The fraction of sp³-hybridized carbons (Fsp3) is 0.231. The van der Waals surface area contributed by atoms with E-state index in [-0.39, 0.29) is 5.82 Å². The van der Waals surface area contributed by atoms with E-state index in [2.05, 4.69) is 6.58 Å². The highest BCUT2D eigenvalue weighted by Crippen LogP contribution is 2.26. The van der Waals surface area contributed by atoms with Crippen molar-refractivity contribution in [2.24, 2.45) is 0 Å². The van der Waals surface area contributed by atoms with Crippen LogP contribution >= 0.6 is 21.6 Å². The molecule has 1 atom stereocenters. The Morgan fingerprint density at radius 3 is 2.67 bits per heavy atom. The molecule has 1 unspecified atom stereocenters. The molecule has 5 heteroatoms. The highest BCUT2D eigenvalue weighted by atomic mass is 33.1. The maximum atomic E-state index is 12.7. The second-order valence-corrected chi connectivity index (χ2v) is 7.24. The third kappa shape index (κ3) is 7.16. The molecule has 1 nitrogen and oxygen atoms in total. The zero-order valence-electron chi connectivity index (χ0n) is 9.88. The number of rotatable bonds is 8. The summed E-state index contributed by atoms with van der Waals surface area (Å²) < 4.78 is 23.9. The Morgan fingerprint density at radius 1 is 1.28 bits per heavy atom. The largest absolute Gasteiger partial charge is 0.616 e. The van der Waals surface area contributed by atoms with Gasteiger partial charge in [-0.15, -0.1) is 0 Å². The van der Waals surface area contributed by atoms with Gasteiger partial charge in [0.25, 0.3) is 0 Å². The highest BCUT2D eigenvalue weighted by molar-refractivity contribution is 8.77. The summed E-state index contributed by atoms with van der Waals surface area (Å²) in [7, 11) is 3.26. The van der Waals surface area contributed by atoms with E-state index < -0.39 is 11.2 Å². The van der Waals surface area contributed by atoms with Gasteiger partial charge in [0, 0.05) is 5.75 Å². The van der Waals surface area contributed by atoms with Crippen LogP contribution in [0.15, 0.2) is 48.4 Å². The van der Waals surface area contributed by atoms with Crippen LogP contribution in [-0.4, -0.2) is 16.1 Å². The van der Waals surface area contributed by atoms with Crippen LogP contribution in [0, 0.1) is 5.82 Å². The van der Waals surface area contributed by atoms with Crippen LogP contribution in [0.3, 0.4) is 0 Å². The van der Waals surface area contributed by atoms with Gasteiger partial charge >= 0.3 is 0 Å². The van der Waals surface area contributed by atoms with Crippen molar-refractivity contribution in [3.05, 3.63) is 59.8 Å². The number of hydrogen-bond acceptors (Lipinski definition) is 3. The van der Waals surface area contributed by atoms with Crippen molar-refractivity contribution in [2.75, 3.05) is 11.5 Å². The van der Waals surface area contributed by atoms with E-state index in [0.29, 0.717) is 11.5 Å². The molecule has 0 aliphatic carbocycles. The Hall–Kier alpha value is -0.360. The van der Waals surface area contributed by atoms with Gasteiger partial charge in [-0.3, -0.25) is 0 Å². The maximum Gasteiger partial charge on any atom is 0.124 e. The average molecular weight is 302 g/mol. The zero-order chi connectivity index (χ0) is 13.2. The molecule has 0 bridgehead atoms. The Bertz CT molecular complexity index is 378. The molecule has 0 heterocycles. The van der Waals surface area contributed by atoms with Gasteiger partial charge in [0.2, 0.25) is 0 Å². The molecule has 0 aromatic heterocycles. The molecule has 0 radical (unpaired) electrons. The van der Waals surface area contributed by atoms with Crippen molar-refractivity contribution in [1.82, 2.24) is 0 Å². The molecule has 0 fully saturated rings. The van der Waals surface area contributed by atoms with Crippen LogP contribution in [-0.2, 0) is 16.9 Å². The summed E-state index contributed by atoms with van der Waals surface area (Å²) in [6.45, 7) is 3.54. The summed E-state index contributed by atoms with van der Waals surface area (Å²) >= 11 is -0.833. The van der Waals surface area contributed by atoms with Crippen LogP contribution in [0.2, 0.25) is 0 Å². The summed E-state index contributed by atoms with van der Waals surface area (Å²) in [5, 5.41) is 1.94. The number of benzene rings is 1. The van der Waals surface area contributed by atoms with E-state index in [9.17, 15) is 8.94 Å². The van der Waals surface area contributed by atoms with Gasteiger partial charge in [-0.25, -0.2) is 4.39 Å². The smallest absolute Gasteiger partial charge is 0.124 e. The Kier molecular flexibility index (Phi) is 8.33. The van der Waals surface area contributed by atoms with Gasteiger partial charge in [0.1, 0.15) is 17.3 Å². The quantitative estimate of drug-likeness (QED) is 0.312. The predicted octanol–water partition coefficient (Wildman–Crippen LogP) is 4.16. The minimum absolute atomic E-state index is 0.207. The summed E-state index contributed by atoms with van der Waals surface area (Å²) in [6.07, 6.45) is 3.57. The van der Waals surface area contributed by atoms with Crippen LogP contribution < -0.4 is 0 Å². The second-order valence-electron chi connectivity index (χ2n) is 3.42. The minimum atomic E-state index is -0.833. The van der Waals surface area contributed by atoms with E-state index in [1.54, 1.807) is 39.8 Å². The van der Waals surface area contributed by atoms with E-state index >= 15 is 0 Å². The average Bonchev–Trinajstić information content (AvgIpc) is 2.36. The molecule has 1 aromatic carbocycles. The van der Waals surface area contributed by atoms with Crippen LogP contribution in [0.5, 0.6) is 0 Å².